The molecule has 0 amide bonds. The van der Waals surface area contributed by atoms with E-state index in [0.717, 1.165) is 15.2 Å². The molecule has 14 heteroatoms. The van der Waals surface area contributed by atoms with Crippen molar-refractivity contribution in [3.8, 4) is 0 Å². The Bertz CT molecular complexity index is 1410. The smallest absolute Gasteiger partial charge is 0.383 e. The van der Waals surface area contributed by atoms with E-state index >= 15 is 0 Å². The Labute approximate surface area is 208 Å². The normalized spacial score (nSPS) is 11.9. The first-order valence-electron chi connectivity index (χ1n) is 10.9. The third-order valence-corrected chi connectivity index (χ3v) is 5.41. The molecule has 198 valence electrons. The molecule has 0 aliphatic heterocycles. The van der Waals surface area contributed by atoms with Crippen LogP contribution in [-0.4, -0.2) is 51.3 Å². The van der Waals surface area contributed by atoms with Gasteiger partial charge in [0.05, 0.1) is 49.5 Å². The van der Waals surface area contributed by atoms with Crippen LogP contribution in [0.4, 0.5) is 18.9 Å². The number of nitro groups is 1. The molecule has 0 saturated carbocycles. The van der Waals surface area contributed by atoms with Crippen molar-refractivity contribution >= 4 is 17.8 Å². The second-order valence-electron chi connectivity index (χ2n) is 7.83. The van der Waals surface area contributed by atoms with Crippen molar-refractivity contribution < 1.29 is 27.6 Å². The highest BCUT2D eigenvalue weighted by atomic mass is 19.4. The van der Waals surface area contributed by atoms with Gasteiger partial charge >= 0.3 is 23.1 Å². The third-order valence-electron chi connectivity index (χ3n) is 5.41. The number of hydrogen-bond donors (Lipinski definition) is 0. The molecule has 3 rings (SSSR count). The van der Waals surface area contributed by atoms with E-state index < -0.39 is 33.6 Å². The SMILES string of the molecule is COCCn1c(C=Cc2cnn(Cc3ccccc3C(F)(F)F)c2)c([N+](=O)[O-])c(=O)n(CCOC)c1=O. The lowest BCUT2D eigenvalue weighted by Crippen LogP contribution is -2.43. The number of benzene rings is 1. The Kier molecular flexibility index (Phi) is 8.78. The van der Waals surface area contributed by atoms with Crippen LogP contribution in [0.1, 0.15) is 22.4 Å². The standard InChI is InChI=1S/C23H24F3N5O6/c1-36-11-9-29-19(20(31(34)35)21(32)30(22(29)33)10-12-37-2)8-7-16-13-27-28(14-16)15-17-5-3-4-6-18(17)23(24,25)26/h3-8,13-14H,9-12,15H2,1-2H3. The summed E-state index contributed by atoms with van der Waals surface area (Å²) in [6.45, 7) is -0.397. The second kappa shape index (κ2) is 11.8. The van der Waals surface area contributed by atoms with Crippen LogP contribution in [-0.2, 0) is 35.3 Å². The highest BCUT2D eigenvalue weighted by Gasteiger charge is 2.33. The van der Waals surface area contributed by atoms with Gasteiger partial charge in [0.15, 0.2) is 0 Å². The number of nitrogens with zero attached hydrogens (tertiary/aromatic N) is 5. The molecule has 0 aliphatic carbocycles. The van der Waals surface area contributed by atoms with Crippen LogP contribution in [0.3, 0.4) is 0 Å². The minimum absolute atomic E-state index is 0.0114. The van der Waals surface area contributed by atoms with Crippen molar-refractivity contribution in [3.05, 3.63) is 90.0 Å². The van der Waals surface area contributed by atoms with Crippen LogP contribution in [0.25, 0.3) is 12.2 Å². The summed E-state index contributed by atoms with van der Waals surface area (Å²) in [6.07, 6.45) is 0.856. The molecule has 0 bridgehead atoms. The number of methoxy groups -OCH3 is 2. The zero-order chi connectivity index (χ0) is 27.2. The molecule has 2 heterocycles. The summed E-state index contributed by atoms with van der Waals surface area (Å²) in [6, 6.07) is 5.11. The number of rotatable bonds is 11. The summed E-state index contributed by atoms with van der Waals surface area (Å²) in [5.41, 5.74) is -3.31. The van der Waals surface area contributed by atoms with Gasteiger partial charge in [0, 0.05) is 26.0 Å². The monoisotopic (exact) mass is 523 g/mol. The Morgan fingerprint density at radius 2 is 1.70 bits per heavy atom. The molecule has 0 saturated heterocycles. The van der Waals surface area contributed by atoms with Crippen LogP contribution >= 0.6 is 0 Å². The fourth-order valence-electron chi connectivity index (χ4n) is 3.66. The molecule has 0 spiro atoms. The van der Waals surface area contributed by atoms with Gasteiger partial charge in [-0.15, -0.1) is 0 Å². The predicted molar refractivity (Wildman–Crippen MR) is 127 cm³/mol. The lowest BCUT2D eigenvalue weighted by atomic mass is 10.1. The molecular weight excluding hydrogens is 499 g/mol. The van der Waals surface area contributed by atoms with Gasteiger partial charge in [-0.2, -0.15) is 18.3 Å². The summed E-state index contributed by atoms with van der Waals surface area (Å²) in [4.78, 5) is 36.7. The topological polar surface area (TPSA) is 123 Å². The molecule has 11 nitrogen and oxygen atoms in total. The molecular formula is C23H24F3N5O6. The van der Waals surface area contributed by atoms with E-state index in [-0.39, 0.29) is 44.1 Å². The molecule has 0 aliphatic rings. The number of alkyl halides is 3. The molecule has 3 aromatic rings. The average Bonchev–Trinajstić information content (AvgIpc) is 3.28. The van der Waals surface area contributed by atoms with E-state index in [4.69, 9.17) is 9.47 Å². The molecule has 0 N–H and O–H groups in total. The summed E-state index contributed by atoms with van der Waals surface area (Å²) < 4.78 is 52.8. The molecule has 1 aromatic carbocycles. The maximum absolute atomic E-state index is 13.3. The maximum atomic E-state index is 13.3. The Hall–Kier alpha value is -4.04. The van der Waals surface area contributed by atoms with Crippen molar-refractivity contribution in [2.45, 2.75) is 25.8 Å². The quantitative estimate of drug-likeness (QED) is 0.280. The largest absolute Gasteiger partial charge is 0.416 e. The summed E-state index contributed by atoms with van der Waals surface area (Å²) in [7, 11) is 2.75. The van der Waals surface area contributed by atoms with Crippen molar-refractivity contribution in [1.29, 1.82) is 0 Å². The summed E-state index contributed by atoms with van der Waals surface area (Å²) >= 11 is 0. The zero-order valence-electron chi connectivity index (χ0n) is 20.0. The predicted octanol–water partition coefficient (Wildman–Crippen LogP) is 2.65. The van der Waals surface area contributed by atoms with Gasteiger partial charge in [0.2, 0.25) is 0 Å². The van der Waals surface area contributed by atoms with Crippen molar-refractivity contribution in [1.82, 2.24) is 18.9 Å². The van der Waals surface area contributed by atoms with E-state index in [1.807, 2.05) is 0 Å². The van der Waals surface area contributed by atoms with Crippen LogP contribution < -0.4 is 11.2 Å². The van der Waals surface area contributed by atoms with Crippen molar-refractivity contribution in [3.63, 3.8) is 0 Å². The fourth-order valence-corrected chi connectivity index (χ4v) is 3.66. The number of aromatic nitrogens is 4. The Morgan fingerprint density at radius 1 is 1.05 bits per heavy atom. The van der Waals surface area contributed by atoms with Gasteiger partial charge in [-0.25, -0.2) is 4.79 Å². The molecule has 2 aromatic heterocycles. The van der Waals surface area contributed by atoms with E-state index in [1.165, 1.54) is 61.6 Å². The summed E-state index contributed by atoms with van der Waals surface area (Å²) in [5.74, 6) is 0. The Balaban J connectivity index is 2.01. The van der Waals surface area contributed by atoms with E-state index in [0.29, 0.717) is 5.56 Å². The van der Waals surface area contributed by atoms with Gasteiger partial charge in [-0.05, 0) is 23.8 Å². The molecule has 0 fully saturated rings. The molecule has 0 radical (unpaired) electrons. The van der Waals surface area contributed by atoms with Crippen LogP contribution in [0, 0.1) is 10.1 Å². The average molecular weight is 523 g/mol. The fraction of sp³-hybridized carbons (Fsp3) is 0.348. The zero-order valence-corrected chi connectivity index (χ0v) is 20.0. The molecule has 0 unspecified atom stereocenters. The maximum Gasteiger partial charge on any atom is 0.416 e. The lowest BCUT2D eigenvalue weighted by molar-refractivity contribution is -0.387. The highest BCUT2D eigenvalue weighted by Crippen LogP contribution is 2.32. The van der Waals surface area contributed by atoms with Gasteiger partial charge in [0.1, 0.15) is 5.69 Å². The number of ether oxygens (including phenoxy) is 2. The number of halogens is 3. The first-order chi connectivity index (χ1) is 17.6. The third kappa shape index (κ3) is 6.40. The first kappa shape index (κ1) is 27.5. The lowest BCUT2D eigenvalue weighted by Gasteiger charge is -2.13. The Morgan fingerprint density at radius 3 is 2.32 bits per heavy atom. The van der Waals surface area contributed by atoms with Gasteiger partial charge in [-0.1, -0.05) is 18.2 Å². The van der Waals surface area contributed by atoms with Crippen LogP contribution in [0.15, 0.2) is 46.2 Å². The minimum Gasteiger partial charge on any atom is -0.383 e. The molecule has 37 heavy (non-hydrogen) atoms. The number of hydrogen-bond acceptors (Lipinski definition) is 7. The van der Waals surface area contributed by atoms with E-state index in [9.17, 15) is 32.9 Å². The molecule has 0 atom stereocenters. The highest BCUT2D eigenvalue weighted by molar-refractivity contribution is 5.71. The van der Waals surface area contributed by atoms with Crippen LogP contribution in [0.5, 0.6) is 0 Å². The van der Waals surface area contributed by atoms with Gasteiger partial charge < -0.3 is 9.47 Å². The second-order valence-corrected chi connectivity index (χ2v) is 7.83. The van der Waals surface area contributed by atoms with Crippen molar-refractivity contribution in [2.24, 2.45) is 0 Å². The van der Waals surface area contributed by atoms with Gasteiger partial charge in [-0.3, -0.25) is 28.7 Å². The van der Waals surface area contributed by atoms with Gasteiger partial charge in [0.25, 0.3) is 0 Å². The summed E-state index contributed by atoms with van der Waals surface area (Å²) in [5, 5.41) is 15.9. The van der Waals surface area contributed by atoms with Crippen molar-refractivity contribution in [2.75, 3.05) is 27.4 Å². The first-order valence-corrected chi connectivity index (χ1v) is 10.9. The minimum atomic E-state index is -4.53. The van der Waals surface area contributed by atoms with E-state index in [2.05, 4.69) is 5.10 Å². The van der Waals surface area contributed by atoms with Crippen LogP contribution in [0.2, 0.25) is 0 Å². The van der Waals surface area contributed by atoms with E-state index in [1.54, 1.807) is 0 Å².